The molecule has 0 aromatic heterocycles. The summed E-state index contributed by atoms with van der Waals surface area (Å²) in [5.74, 6) is 4.88. The van der Waals surface area contributed by atoms with E-state index in [1.54, 1.807) is 17.7 Å². The summed E-state index contributed by atoms with van der Waals surface area (Å²) < 4.78 is 6.84. The molecule has 2 nitrogen and oxygen atoms in total. The Hall–Kier alpha value is -1.61. The second-order valence-electron chi connectivity index (χ2n) is 14.9. The zero-order valence-corrected chi connectivity index (χ0v) is 27.8. The van der Waals surface area contributed by atoms with Crippen molar-refractivity contribution in [3.63, 3.8) is 0 Å². The lowest BCUT2D eigenvalue weighted by molar-refractivity contribution is -0.145. The fourth-order valence-corrected chi connectivity index (χ4v) is 10.3. The van der Waals surface area contributed by atoms with Crippen molar-refractivity contribution >= 4 is 28.0 Å². The number of hydrogen-bond donors (Lipinski definition) is 0. The summed E-state index contributed by atoms with van der Waals surface area (Å²) in [6.07, 6.45) is 22.1. The van der Waals surface area contributed by atoms with Gasteiger partial charge >= 0.3 is 5.97 Å². The molecule has 0 heterocycles. The number of carbonyl (C=O) groups is 1. The Morgan fingerprint density at radius 2 is 1.78 bits per heavy atom. The zero-order valence-electron chi connectivity index (χ0n) is 26.2. The Morgan fingerprint density at radius 3 is 2.54 bits per heavy atom. The number of halogens is 1. The highest BCUT2D eigenvalue weighted by Crippen LogP contribution is 2.67. The Bertz CT molecular complexity index is 1150. The summed E-state index contributed by atoms with van der Waals surface area (Å²) >= 11 is 3.56. The number of allylic oxidation sites excluding steroid dienone is 3. The molecule has 1 aromatic rings. The van der Waals surface area contributed by atoms with E-state index in [1.165, 1.54) is 51.4 Å². The smallest absolute Gasteiger partial charge is 0.331 e. The summed E-state index contributed by atoms with van der Waals surface area (Å²) in [4.78, 5) is 12.7. The monoisotopic (exact) mass is 620 g/mol. The molecule has 8 atom stereocenters. The largest absolute Gasteiger partial charge is 0.459 e. The highest BCUT2D eigenvalue weighted by Gasteiger charge is 2.59. The van der Waals surface area contributed by atoms with Crippen molar-refractivity contribution in [2.75, 3.05) is 0 Å². The number of benzene rings is 1. The second kappa shape index (κ2) is 12.9. The maximum Gasteiger partial charge on any atom is 0.331 e. The molecule has 3 heteroatoms. The lowest BCUT2D eigenvalue weighted by Crippen LogP contribution is -2.51. The molecule has 0 N–H and O–H groups in total. The van der Waals surface area contributed by atoms with Crippen molar-refractivity contribution in [3.05, 3.63) is 64.2 Å². The van der Waals surface area contributed by atoms with Gasteiger partial charge in [-0.25, -0.2) is 4.79 Å². The second-order valence-corrected chi connectivity index (χ2v) is 15.8. The first kappa shape index (κ1) is 30.8. The van der Waals surface area contributed by atoms with Gasteiger partial charge in [-0.3, -0.25) is 0 Å². The van der Waals surface area contributed by atoms with Crippen LogP contribution in [0.2, 0.25) is 0 Å². The summed E-state index contributed by atoms with van der Waals surface area (Å²) in [5, 5.41) is 0. The van der Waals surface area contributed by atoms with Crippen molar-refractivity contribution in [1.29, 1.82) is 0 Å². The van der Waals surface area contributed by atoms with Gasteiger partial charge < -0.3 is 4.74 Å². The highest BCUT2D eigenvalue weighted by atomic mass is 79.9. The predicted octanol–water partition coefficient (Wildman–Crippen LogP) is 10.9. The molecule has 8 unspecified atom stereocenters. The molecule has 1 aromatic carbocycles. The Morgan fingerprint density at radius 1 is 1.00 bits per heavy atom. The van der Waals surface area contributed by atoms with Crippen LogP contribution in [-0.2, 0) is 9.53 Å². The highest BCUT2D eigenvalue weighted by molar-refractivity contribution is 9.12. The van der Waals surface area contributed by atoms with Crippen LogP contribution in [0.1, 0.15) is 111 Å². The van der Waals surface area contributed by atoms with E-state index in [2.05, 4.69) is 56.6 Å². The van der Waals surface area contributed by atoms with Gasteiger partial charge in [0, 0.05) is 17.0 Å². The van der Waals surface area contributed by atoms with E-state index in [1.807, 2.05) is 36.4 Å². The summed E-state index contributed by atoms with van der Waals surface area (Å²) in [5.41, 5.74) is 3.49. The van der Waals surface area contributed by atoms with Crippen molar-refractivity contribution in [2.45, 2.75) is 111 Å². The third kappa shape index (κ3) is 6.66. The number of esters is 1. The normalized spacial score (nSPS) is 35.9. The number of carbonyl (C=O) groups excluding carboxylic acids is 1. The first-order valence-electron chi connectivity index (χ1n) is 16.6. The first-order valence-corrected chi connectivity index (χ1v) is 17.4. The van der Waals surface area contributed by atoms with Crippen LogP contribution in [0.15, 0.2) is 58.6 Å². The van der Waals surface area contributed by atoms with Crippen LogP contribution < -0.4 is 0 Å². The maximum atomic E-state index is 12.7. The maximum absolute atomic E-state index is 12.7. The minimum atomic E-state index is -0.237. The van der Waals surface area contributed by atoms with Crippen LogP contribution in [0.4, 0.5) is 0 Å². The van der Waals surface area contributed by atoms with Gasteiger partial charge in [-0.05, 0) is 109 Å². The zero-order chi connectivity index (χ0) is 29.2. The lowest BCUT2D eigenvalue weighted by atomic mass is 9.47. The summed E-state index contributed by atoms with van der Waals surface area (Å²) in [6, 6.07) is 10.1. The fraction of sp³-hybridized carbons (Fsp3) is 0.658. The molecule has 4 aliphatic carbocycles. The van der Waals surface area contributed by atoms with Crippen LogP contribution in [0, 0.1) is 46.3 Å². The molecule has 0 amide bonds. The molecule has 224 valence electrons. The SMILES string of the molecule is CC(C)CCCC(C)C1CCC2C3CC=C4CC(OC(=O)/C=C/C(Br)=C/c5ccccc5)CCC4(C)C3CCC12C. The molecule has 0 aliphatic heterocycles. The van der Waals surface area contributed by atoms with Crippen LogP contribution >= 0.6 is 15.9 Å². The van der Waals surface area contributed by atoms with Gasteiger partial charge in [-0.1, -0.05) is 112 Å². The quantitative estimate of drug-likeness (QED) is 0.119. The fourth-order valence-electron chi connectivity index (χ4n) is 9.86. The molecule has 0 bridgehead atoms. The third-order valence-corrected chi connectivity index (χ3v) is 12.5. The minimum Gasteiger partial charge on any atom is -0.459 e. The van der Waals surface area contributed by atoms with E-state index < -0.39 is 0 Å². The van der Waals surface area contributed by atoms with Crippen molar-refractivity contribution < 1.29 is 9.53 Å². The van der Waals surface area contributed by atoms with Crippen LogP contribution in [0.3, 0.4) is 0 Å². The van der Waals surface area contributed by atoms with Crippen LogP contribution in [-0.4, -0.2) is 12.1 Å². The van der Waals surface area contributed by atoms with E-state index in [0.717, 1.165) is 64.8 Å². The van der Waals surface area contributed by atoms with E-state index in [9.17, 15) is 4.79 Å². The third-order valence-electron chi connectivity index (χ3n) is 12.0. The number of hydrogen-bond acceptors (Lipinski definition) is 2. The first-order chi connectivity index (χ1) is 19.6. The standard InChI is InChI=1S/C38H53BrO2/c1-26(2)10-9-11-27(3)33-17-18-34-32-16-14-29-25-31(20-22-37(29,4)35(32)21-23-38(33,34)5)41-36(40)19-15-30(39)24-28-12-7-6-8-13-28/h6-8,12-15,19,24,26-27,31-35H,9-11,16-18,20-23,25H2,1-5H3/b19-15+,30-24-. The van der Waals surface area contributed by atoms with Crippen LogP contribution in [0.25, 0.3) is 6.08 Å². The van der Waals surface area contributed by atoms with Gasteiger partial charge in [-0.2, -0.15) is 0 Å². The van der Waals surface area contributed by atoms with Gasteiger partial charge in [0.2, 0.25) is 0 Å². The molecule has 3 saturated carbocycles. The average Bonchev–Trinajstić information content (AvgIpc) is 3.30. The van der Waals surface area contributed by atoms with E-state index in [0.29, 0.717) is 5.41 Å². The topological polar surface area (TPSA) is 26.3 Å². The van der Waals surface area contributed by atoms with Gasteiger partial charge in [0.25, 0.3) is 0 Å². The van der Waals surface area contributed by atoms with Gasteiger partial charge in [0.05, 0.1) is 0 Å². The summed E-state index contributed by atoms with van der Waals surface area (Å²) in [6.45, 7) is 12.5. The predicted molar refractivity (Wildman–Crippen MR) is 175 cm³/mol. The number of fused-ring (bicyclic) bond motifs is 5. The van der Waals surface area contributed by atoms with Crippen molar-refractivity contribution in [1.82, 2.24) is 0 Å². The molecular formula is C38H53BrO2. The minimum absolute atomic E-state index is 0.00342. The molecule has 4 aliphatic rings. The van der Waals surface area contributed by atoms with Gasteiger partial charge in [0.1, 0.15) is 6.10 Å². The molecule has 5 rings (SSSR count). The molecule has 0 radical (unpaired) electrons. The van der Waals surface area contributed by atoms with Gasteiger partial charge in [-0.15, -0.1) is 0 Å². The molecular weight excluding hydrogens is 568 g/mol. The van der Waals surface area contributed by atoms with E-state index >= 15 is 0 Å². The van der Waals surface area contributed by atoms with Crippen molar-refractivity contribution in [2.24, 2.45) is 46.3 Å². The van der Waals surface area contributed by atoms with Gasteiger partial charge in [0.15, 0.2) is 0 Å². The van der Waals surface area contributed by atoms with E-state index in [-0.39, 0.29) is 17.5 Å². The molecule has 3 fully saturated rings. The lowest BCUT2D eigenvalue weighted by Gasteiger charge is -2.58. The number of ether oxygens (including phenoxy) is 1. The van der Waals surface area contributed by atoms with Crippen molar-refractivity contribution in [3.8, 4) is 0 Å². The molecule has 41 heavy (non-hydrogen) atoms. The number of rotatable bonds is 9. The van der Waals surface area contributed by atoms with Crippen LogP contribution in [0.5, 0.6) is 0 Å². The Labute approximate surface area is 258 Å². The Kier molecular flexibility index (Phi) is 9.74. The Balaban J connectivity index is 1.19. The molecule has 0 spiro atoms. The molecule has 0 saturated heterocycles. The average molecular weight is 622 g/mol. The summed E-state index contributed by atoms with van der Waals surface area (Å²) in [7, 11) is 0. The van der Waals surface area contributed by atoms with E-state index in [4.69, 9.17) is 4.74 Å².